The number of benzene rings is 2. The van der Waals surface area contributed by atoms with E-state index in [9.17, 15) is 14.4 Å². The number of para-hydroxylation sites is 1. The molecule has 0 saturated carbocycles. The van der Waals surface area contributed by atoms with Crippen LogP contribution in [0.4, 0.5) is 5.69 Å². The molecular weight excluding hydrogens is 334 g/mol. The van der Waals surface area contributed by atoms with Gasteiger partial charge in [0, 0.05) is 16.9 Å². The van der Waals surface area contributed by atoms with Gasteiger partial charge < -0.3 is 15.0 Å². The molecule has 3 rings (SSSR count). The van der Waals surface area contributed by atoms with E-state index < -0.39 is 11.2 Å². The van der Waals surface area contributed by atoms with Crippen molar-refractivity contribution in [2.24, 2.45) is 0 Å². The lowest BCUT2D eigenvalue weighted by atomic mass is 10.1. The summed E-state index contributed by atoms with van der Waals surface area (Å²) in [6.45, 7) is 1.58. The van der Waals surface area contributed by atoms with Crippen LogP contribution in [0.25, 0.3) is 0 Å². The van der Waals surface area contributed by atoms with E-state index in [2.05, 4.69) is 15.3 Å². The number of carbonyl (C=O) groups excluding carboxylic acids is 1. The van der Waals surface area contributed by atoms with Crippen LogP contribution in [0.3, 0.4) is 0 Å². The molecule has 2 aromatic carbocycles. The maximum absolute atomic E-state index is 12.2. The normalized spacial score (nSPS) is 10.3. The second kappa shape index (κ2) is 7.52. The maximum atomic E-state index is 12.2. The first-order valence-corrected chi connectivity index (χ1v) is 7.96. The van der Waals surface area contributed by atoms with Crippen LogP contribution in [0.1, 0.15) is 11.3 Å². The Labute approximate surface area is 148 Å². The molecule has 1 heterocycles. The Kier molecular flexibility index (Phi) is 4.98. The van der Waals surface area contributed by atoms with Gasteiger partial charge in [0.05, 0.1) is 6.42 Å². The Bertz CT molecular complexity index is 1020. The first-order valence-electron chi connectivity index (χ1n) is 7.96. The van der Waals surface area contributed by atoms with Crippen molar-refractivity contribution in [1.29, 1.82) is 0 Å². The van der Waals surface area contributed by atoms with Gasteiger partial charge in [0.2, 0.25) is 5.91 Å². The van der Waals surface area contributed by atoms with Crippen molar-refractivity contribution in [3.8, 4) is 11.5 Å². The smallest absolute Gasteiger partial charge is 0.325 e. The number of aromatic amines is 2. The number of ether oxygens (including phenoxy) is 1. The summed E-state index contributed by atoms with van der Waals surface area (Å²) in [6, 6.07) is 16.2. The fourth-order valence-electron chi connectivity index (χ4n) is 2.44. The first-order chi connectivity index (χ1) is 12.5. The summed E-state index contributed by atoms with van der Waals surface area (Å²) in [5, 5.41) is 2.71. The third-order valence-corrected chi connectivity index (χ3v) is 3.71. The molecule has 3 N–H and O–H groups in total. The molecule has 0 unspecified atom stereocenters. The number of nitrogens with one attached hydrogen (secondary N) is 3. The third kappa shape index (κ3) is 4.27. The Morgan fingerprint density at radius 3 is 2.27 bits per heavy atom. The summed E-state index contributed by atoms with van der Waals surface area (Å²) < 4.78 is 5.68. The zero-order valence-corrected chi connectivity index (χ0v) is 14.0. The minimum Gasteiger partial charge on any atom is -0.457 e. The SMILES string of the molecule is Cc1[nH]c(=O)[nH]c(=O)c1CC(=O)Nc1ccc(Oc2ccccc2)cc1. The van der Waals surface area contributed by atoms with Crippen LogP contribution in [0.15, 0.2) is 64.2 Å². The minimum absolute atomic E-state index is 0.139. The molecule has 132 valence electrons. The van der Waals surface area contributed by atoms with Crippen molar-refractivity contribution < 1.29 is 9.53 Å². The lowest BCUT2D eigenvalue weighted by molar-refractivity contribution is -0.115. The average Bonchev–Trinajstić information content (AvgIpc) is 2.61. The highest BCUT2D eigenvalue weighted by Gasteiger charge is 2.11. The third-order valence-electron chi connectivity index (χ3n) is 3.71. The molecule has 0 bridgehead atoms. The molecule has 26 heavy (non-hydrogen) atoms. The minimum atomic E-state index is -0.592. The van der Waals surface area contributed by atoms with Gasteiger partial charge in [-0.25, -0.2) is 4.79 Å². The predicted molar refractivity (Wildman–Crippen MR) is 97.7 cm³/mol. The Balaban J connectivity index is 1.65. The van der Waals surface area contributed by atoms with Gasteiger partial charge in [-0.3, -0.25) is 14.6 Å². The van der Waals surface area contributed by atoms with E-state index in [1.54, 1.807) is 31.2 Å². The van der Waals surface area contributed by atoms with Gasteiger partial charge in [-0.15, -0.1) is 0 Å². The fourth-order valence-corrected chi connectivity index (χ4v) is 2.44. The molecule has 7 nitrogen and oxygen atoms in total. The molecule has 0 atom stereocenters. The van der Waals surface area contributed by atoms with Gasteiger partial charge in [-0.1, -0.05) is 18.2 Å². The quantitative estimate of drug-likeness (QED) is 0.656. The van der Waals surface area contributed by atoms with Crippen LogP contribution in [0.2, 0.25) is 0 Å². The van der Waals surface area contributed by atoms with Crippen molar-refractivity contribution in [2.75, 3.05) is 5.32 Å². The van der Waals surface area contributed by atoms with Crippen LogP contribution in [-0.4, -0.2) is 15.9 Å². The van der Waals surface area contributed by atoms with Crippen LogP contribution in [0, 0.1) is 6.92 Å². The lowest BCUT2D eigenvalue weighted by Crippen LogP contribution is -2.29. The topological polar surface area (TPSA) is 104 Å². The molecule has 0 spiro atoms. The molecule has 0 fully saturated rings. The van der Waals surface area contributed by atoms with E-state index >= 15 is 0 Å². The van der Waals surface area contributed by atoms with Gasteiger partial charge in [-0.05, 0) is 43.3 Å². The maximum Gasteiger partial charge on any atom is 0.325 e. The fraction of sp³-hybridized carbons (Fsp3) is 0.105. The van der Waals surface area contributed by atoms with Crippen LogP contribution >= 0.6 is 0 Å². The lowest BCUT2D eigenvalue weighted by Gasteiger charge is -2.08. The number of anilines is 1. The van der Waals surface area contributed by atoms with E-state index in [0.717, 1.165) is 5.75 Å². The number of H-pyrrole nitrogens is 2. The van der Waals surface area contributed by atoms with Gasteiger partial charge >= 0.3 is 5.69 Å². The molecular formula is C19H17N3O4. The summed E-state index contributed by atoms with van der Waals surface area (Å²) in [7, 11) is 0. The molecule has 3 aromatic rings. The molecule has 0 radical (unpaired) electrons. The molecule has 0 aliphatic carbocycles. The molecule has 1 amide bonds. The van der Waals surface area contributed by atoms with Crippen molar-refractivity contribution >= 4 is 11.6 Å². The summed E-state index contributed by atoms with van der Waals surface area (Å²) >= 11 is 0. The van der Waals surface area contributed by atoms with E-state index in [1.807, 2.05) is 30.3 Å². The Morgan fingerprint density at radius 2 is 1.62 bits per heavy atom. The van der Waals surface area contributed by atoms with Crippen LogP contribution in [0.5, 0.6) is 11.5 Å². The second-order valence-electron chi connectivity index (χ2n) is 5.68. The zero-order chi connectivity index (χ0) is 18.5. The average molecular weight is 351 g/mol. The van der Waals surface area contributed by atoms with Gasteiger partial charge in [0.15, 0.2) is 0 Å². The first kappa shape index (κ1) is 17.2. The van der Waals surface area contributed by atoms with Crippen molar-refractivity contribution in [1.82, 2.24) is 9.97 Å². The number of rotatable bonds is 5. The highest BCUT2D eigenvalue weighted by atomic mass is 16.5. The summed E-state index contributed by atoms with van der Waals surface area (Å²) in [6.07, 6.45) is -0.139. The van der Waals surface area contributed by atoms with E-state index in [1.165, 1.54) is 0 Å². The molecule has 1 aromatic heterocycles. The predicted octanol–water partition coefficient (Wildman–Crippen LogP) is 2.35. The van der Waals surface area contributed by atoms with Crippen molar-refractivity contribution in [3.05, 3.63) is 86.7 Å². The Hall–Kier alpha value is -3.61. The molecule has 0 saturated heterocycles. The van der Waals surface area contributed by atoms with Crippen molar-refractivity contribution in [2.45, 2.75) is 13.3 Å². The summed E-state index contributed by atoms with van der Waals surface area (Å²) in [4.78, 5) is 39.7. The zero-order valence-electron chi connectivity index (χ0n) is 14.0. The molecule has 0 aliphatic heterocycles. The largest absolute Gasteiger partial charge is 0.457 e. The summed E-state index contributed by atoms with van der Waals surface area (Å²) in [5.41, 5.74) is 0.0271. The van der Waals surface area contributed by atoms with E-state index in [-0.39, 0.29) is 17.9 Å². The van der Waals surface area contributed by atoms with Gasteiger partial charge in [0.1, 0.15) is 11.5 Å². The van der Waals surface area contributed by atoms with Gasteiger partial charge in [-0.2, -0.15) is 0 Å². The van der Waals surface area contributed by atoms with Crippen LogP contribution in [-0.2, 0) is 11.2 Å². The number of hydrogen-bond acceptors (Lipinski definition) is 4. The van der Waals surface area contributed by atoms with Crippen LogP contribution < -0.4 is 21.3 Å². The standard InChI is InChI=1S/C19H17N3O4/c1-12-16(18(24)22-19(25)20-12)11-17(23)21-13-7-9-15(10-8-13)26-14-5-3-2-4-6-14/h2-10H,11H2,1H3,(H,21,23)(H2,20,22,24,25). The van der Waals surface area contributed by atoms with Crippen molar-refractivity contribution in [3.63, 3.8) is 0 Å². The second-order valence-corrected chi connectivity index (χ2v) is 5.68. The number of amides is 1. The number of hydrogen-bond donors (Lipinski definition) is 3. The van der Waals surface area contributed by atoms with E-state index in [0.29, 0.717) is 17.1 Å². The highest BCUT2D eigenvalue weighted by molar-refractivity contribution is 5.92. The Morgan fingerprint density at radius 1 is 0.962 bits per heavy atom. The van der Waals surface area contributed by atoms with Gasteiger partial charge in [0.25, 0.3) is 5.56 Å². The highest BCUT2D eigenvalue weighted by Crippen LogP contribution is 2.22. The number of aromatic nitrogens is 2. The number of aryl methyl sites for hydroxylation is 1. The van der Waals surface area contributed by atoms with E-state index in [4.69, 9.17) is 4.74 Å². The number of carbonyl (C=O) groups is 1. The molecule has 7 heteroatoms. The molecule has 0 aliphatic rings. The summed E-state index contributed by atoms with van der Waals surface area (Å²) in [5.74, 6) is 1.00. The monoisotopic (exact) mass is 351 g/mol.